The number of sulfonamides is 5. The molecule has 0 amide bonds. The van der Waals surface area contributed by atoms with Crippen LogP contribution < -0.4 is 0 Å². The molecule has 0 aromatic carbocycles. The van der Waals surface area contributed by atoms with E-state index in [9.17, 15) is 56.4 Å². The van der Waals surface area contributed by atoms with Gasteiger partial charge >= 0.3 is 29.5 Å². The number of hydrogen-bond donors (Lipinski definition) is 2. The van der Waals surface area contributed by atoms with Crippen molar-refractivity contribution in [2.75, 3.05) is 35.3 Å². The minimum absolute atomic E-state index is 0.123. The Kier molecular flexibility index (Phi) is 34.8. The summed E-state index contributed by atoms with van der Waals surface area (Å²) in [6.07, 6.45) is 5.81. The van der Waals surface area contributed by atoms with Crippen LogP contribution in [0.15, 0.2) is 0 Å². The second-order valence-corrected chi connectivity index (χ2v) is 29.9. The van der Waals surface area contributed by atoms with Crippen molar-refractivity contribution in [1.82, 2.24) is 18.1 Å². The number of unbranched alkanes of at least 4 members (excludes halogenated alkanes) is 25. The van der Waals surface area contributed by atoms with Crippen molar-refractivity contribution in [2.45, 2.75) is 246 Å². The van der Waals surface area contributed by atoms with Gasteiger partial charge < -0.3 is 9.79 Å². The Labute approximate surface area is 442 Å². The largest absolute Gasteiger partial charge is 0.475 e. The normalized spacial score (nSPS) is 15.4. The molecule has 0 saturated heterocycles. The van der Waals surface area contributed by atoms with Crippen molar-refractivity contribution in [2.24, 2.45) is 0 Å². The van der Waals surface area contributed by atoms with E-state index in [0.29, 0.717) is 103 Å². The van der Waals surface area contributed by atoms with Gasteiger partial charge in [0.1, 0.15) is 12.3 Å². The lowest BCUT2D eigenvalue weighted by Crippen LogP contribution is -2.89. The summed E-state index contributed by atoms with van der Waals surface area (Å²) in [6, 6.07) is 0. The molecule has 0 aliphatic carbocycles. The highest BCUT2D eigenvalue weighted by atomic mass is 32.2. The maximum atomic E-state index is 19.3. The Morgan fingerprint density at radius 1 is 0.392 bits per heavy atom. The second kappa shape index (κ2) is 35.1. The fourth-order valence-electron chi connectivity index (χ4n) is 8.47. The summed E-state index contributed by atoms with van der Waals surface area (Å²) in [6.45, 7) is 7.28. The van der Waals surface area contributed by atoms with Crippen LogP contribution >= 0.6 is 7.82 Å². The summed E-state index contributed by atoms with van der Waals surface area (Å²) < 4.78 is 243. The van der Waals surface area contributed by atoms with Gasteiger partial charge in [-0.2, -0.15) is 8.42 Å². The van der Waals surface area contributed by atoms with Crippen LogP contribution in [0.1, 0.15) is 234 Å². The summed E-state index contributed by atoms with van der Waals surface area (Å²) in [5.74, 6) is -21.6. The van der Waals surface area contributed by atoms with Crippen LogP contribution in [0.3, 0.4) is 0 Å². The molecule has 446 valence electrons. The molecule has 0 bridgehead atoms. The average Bonchev–Trinajstić information content (AvgIpc) is 3.32. The number of rotatable bonds is 49. The molecule has 0 aromatic rings. The molecule has 2 atom stereocenters. The summed E-state index contributed by atoms with van der Waals surface area (Å²) in [5.41, 5.74) is 0. The van der Waals surface area contributed by atoms with Crippen LogP contribution in [-0.2, 0) is 59.2 Å². The van der Waals surface area contributed by atoms with Crippen LogP contribution in [0.5, 0.6) is 0 Å². The molecule has 2 unspecified atom stereocenters. The summed E-state index contributed by atoms with van der Waals surface area (Å²) in [5, 5.41) is 0. The van der Waals surface area contributed by atoms with Crippen molar-refractivity contribution < 1.29 is 87.5 Å². The predicted molar refractivity (Wildman–Crippen MR) is 278 cm³/mol. The standard InChI is InChI=1S/C44H91F5N5O14PS5/c1-7-13-18-23-28-33-38-70(58,59)50(45)43(51(46)71(60,61)39-34-29-24-19-14-8-2,52(47)72(62,63)40-35-30-25-20-15-9-3)44(68-69(55,56)57,53(48)73(64,65)41-36-31-26-21-16-10-4)54(49,12-6)74(66,67)42-37-32-27-22-17-11-5/h7-42H2,1-6H3,(H-,55,56,57)/p+1. The SMILES string of the molecule is CCCCCCCCS(=O)(=O)N(F)C(N(F)S(=O)(=O)CCCCCCCC)(N(F)S(=O)(=O)CCCCCCCC)C(OP(=O)(O)O)(N(F)S(=O)(=O)CCCCCCCC)[N+](F)(CC)S(=O)(=O)CCCCCCCC. The highest BCUT2D eigenvalue weighted by Gasteiger charge is 2.92. The monoisotopic (exact) mass is 1200 g/mol. The first kappa shape index (κ1) is 73.3. The molecule has 0 aromatic heterocycles. The van der Waals surface area contributed by atoms with Gasteiger partial charge in [0.15, 0.2) is 0 Å². The van der Waals surface area contributed by atoms with E-state index in [1.165, 1.54) is 0 Å². The first-order valence-electron chi connectivity index (χ1n) is 26.8. The minimum Gasteiger partial charge on any atom is -0.302 e. The summed E-state index contributed by atoms with van der Waals surface area (Å²) >= 11 is 0. The van der Waals surface area contributed by atoms with Crippen molar-refractivity contribution in [3.63, 3.8) is 0 Å². The molecule has 0 fully saturated rings. The first-order valence-corrected chi connectivity index (χ1v) is 36.3. The van der Waals surface area contributed by atoms with Crippen molar-refractivity contribution >= 4 is 57.9 Å². The molecule has 0 radical (unpaired) electrons. The summed E-state index contributed by atoms with van der Waals surface area (Å²) in [4.78, 5) is 21.4. The van der Waals surface area contributed by atoms with E-state index >= 15 is 22.4 Å². The van der Waals surface area contributed by atoms with Gasteiger partial charge in [0, 0.05) is 22.2 Å². The number of quaternary nitrogens is 1. The van der Waals surface area contributed by atoms with Crippen LogP contribution in [0, 0.1) is 0 Å². The Balaban J connectivity index is 9.69. The van der Waals surface area contributed by atoms with Crippen molar-refractivity contribution in [1.29, 1.82) is 0 Å². The fourth-order valence-corrected chi connectivity index (χ4v) is 16.8. The summed E-state index contributed by atoms with van der Waals surface area (Å²) in [7, 11) is -40.3. The molecule has 0 rings (SSSR count). The van der Waals surface area contributed by atoms with E-state index < -0.39 is 159 Å². The zero-order valence-electron chi connectivity index (χ0n) is 44.9. The maximum Gasteiger partial charge on any atom is 0.475 e. The molecule has 0 aliphatic rings. The molecule has 0 heterocycles. The van der Waals surface area contributed by atoms with E-state index in [0.717, 1.165) is 0 Å². The lowest BCUT2D eigenvalue weighted by molar-refractivity contribution is -1.04. The van der Waals surface area contributed by atoms with Crippen LogP contribution in [0.25, 0.3) is 0 Å². The number of halogens is 5. The van der Waals surface area contributed by atoms with Gasteiger partial charge in [0.25, 0.3) is 0 Å². The molecule has 0 aliphatic heterocycles. The Morgan fingerprint density at radius 2 is 0.608 bits per heavy atom. The van der Waals surface area contributed by atoms with E-state index in [2.05, 4.69) is 4.52 Å². The Morgan fingerprint density at radius 3 is 0.838 bits per heavy atom. The topological polar surface area (TPSA) is 250 Å². The highest BCUT2D eigenvalue weighted by Crippen LogP contribution is 2.60. The second-order valence-electron chi connectivity index (χ2n) is 19.0. The third-order valence-electron chi connectivity index (χ3n) is 12.7. The molecule has 19 nitrogen and oxygen atoms in total. The fraction of sp³-hybridized carbons (Fsp3) is 1.00. The molecule has 0 saturated carbocycles. The number of phosphoric acid groups is 1. The Bertz CT molecular complexity index is 2060. The van der Waals surface area contributed by atoms with Gasteiger partial charge in [0.2, 0.25) is 40.1 Å². The quantitative estimate of drug-likeness (QED) is 0.0189. The van der Waals surface area contributed by atoms with E-state index in [-0.39, 0.29) is 64.2 Å². The van der Waals surface area contributed by atoms with Crippen LogP contribution in [-0.4, -0.2) is 121 Å². The molecule has 2 N–H and O–H groups in total. The van der Waals surface area contributed by atoms with E-state index in [1.807, 2.05) is 34.6 Å². The predicted octanol–water partition coefficient (Wildman–Crippen LogP) is 11.3. The molecule has 0 spiro atoms. The van der Waals surface area contributed by atoms with Gasteiger partial charge in [-0.3, -0.25) is 0 Å². The average molecular weight is 1200 g/mol. The zero-order valence-corrected chi connectivity index (χ0v) is 49.8. The molecular weight excluding hydrogens is 1110 g/mol. The van der Waals surface area contributed by atoms with Crippen molar-refractivity contribution in [3.8, 4) is 0 Å². The molecule has 74 heavy (non-hydrogen) atoms. The lowest BCUT2D eigenvalue weighted by Gasteiger charge is -2.53. The van der Waals surface area contributed by atoms with Crippen LogP contribution in [0.4, 0.5) is 22.4 Å². The highest BCUT2D eigenvalue weighted by molar-refractivity contribution is 7.91. The van der Waals surface area contributed by atoms with Gasteiger partial charge in [0.05, 0.1) is 27.5 Å². The lowest BCUT2D eigenvalue weighted by atomic mass is 10.1. The zero-order chi connectivity index (χ0) is 57.0. The number of likely N-dealkylation sites (N-methyl/N-ethyl adjacent to an activating group) is 1. The van der Waals surface area contributed by atoms with Crippen molar-refractivity contribution in [3.05, 3.63) is 0 Å². The smallest absolute Gasteiger partial charge is 0.302 e. The third-order valence-corrected chi connectivity index (χ3v) is 21.6. The first-order chi connectivity index (χ1) is 34.4. The molecule has 30 heteroatoms. The van der Waals surface area contributed by atoms with Crippen LogP contribution in [0.2, 0.25) is 0 Å². The van der Waals surface area contributed by atoms with E-state index in [4.69, 9.17) is 0 Å². The van der Waals surface area contributed by atoms with Gasteiger partial charge in [-0.15, -0.1) is 17.9 Å². The third kappa shape index (κ3) is 21.4. The van der Waals surface area contributed by atoms with Gasteiger partial charge in [-0.05, 0) is 39.0 Å². The number of nitrogens with zero attached hydrogens (tertiary/aromatic N) is 5. The van der Waals surface area contributed by atoms with Gasteiger partial charge in [-0.1, -0.05) is 195 Å². The van der Waals surface area contributed by atoms with Gasteiger partial charge in [-0.25, -0.2) is 42.8 Å². The maximum absolute atomic E-state index is 19.3. The molecular formula is C44H92F5N5O14PS5+. The number of phosphoric ester groups is 1. The number of hydrogen-bond acceptors (Lipinski definition) is 12. The Hall–Kier alpha value is -0.690. The minimum atomic E-state index is -7.39. The van der Waals surface area contributed by atoms with E-state index in [1.54, 1.807) is 0 Å².